The van der Waals surface area contributed by atoms with Crippen molar-refractivity contribution in [2.75, 3.05) is 16.3 Å². The molecule has 388 valence electrons. The molecular formula is C79H62N2. The fourth-order valence-corrected chi connectivity index (χ4v) is 13.0. The predicted octanol–water partition coefficient (Wildman–Crippen LogP) is 21.4. The van der Waals surface area contributed by atoms with Gasteiger partial charge in [0.2, 0.25) is 0 Å². The third-order valence-electron chi connectivity index (χ3n) is 16.5. The molecule has 1 heterocycles. The molecule has 1 aliphatic carbocycles. The number of hydrogen-bond acceptors (Lipinski definition) is 2. The predicted molar refractivity (Wildman–Crippen MR) is 350 cm³/mol. The van der Waals surface area contributed by atoms with Crippen LogP contribution >= 0.6 is 0 Å². The van der Waals surface area contributed by atoms with E-state index in [1.165, 1.54) is 76.8 Å². The van der Waals surface area contributed by atoms with Gasteiger partial charge < -0.3 is 9.80 Å². The zero-order chi connectivity index (χ0) is 54.9. The zero-order valence-corrected chi connectivity index (χ0v) is 45.9. The maximum Gasteiger partial charge on any atom is 0.0754 e. The van der Waals surface area contributed by atoms with Gasteiger partial charge in [-0.05, 0) is 191 Å². The van der Waals surface area contributed by atoms with Crippen molar-refractivity contribution in [2.24, 2.45) is 0 Å². The van der Waals surface area contributed by atoms with Crippen LogP contribution in [0.2, 0.25) is 0 Å². The Kier molecular flexibility index (Phi) is 13.5. The smallest absolute Gasteiger partial charge is 0.0754 e. The van der Waals surface area contributed by atoms with E-state index in [9.17, 15) is 0 Å². The lowest BCUT2D eigenvalue weighted by Gasteiger charge is -2.45. The van der Waals surface area contributed by atoms with Gasteiger partial charge in [0.1, 0.15) is 0 Å². The first-order chi connectivity index (χ1) is 40.0. The highest BCUT2D eigenvalue weighted by Crippen LogP contribution is 2.64. The molecule has 11 aromatic carbocycles. The number of nitrogens with zero attached hydrogens (tertiary/aromatic N) is 2. The molecule has 1 spiro atoms. The third kappa shape index (κ3) is 8.68. The number of allylic oxidation sites excluding steroid dienone is 7. The molecule has 81 heavy (non-hydrogen) atoms. The van der Waals surface area contributed by atoms with Crippen molar-refractivity contribution in [3.63, 3.8) is 0 Å². The average Bonchev–Trinajstić information content (AvgIpc) is 3.54. The summed E-state index contributed by atoms with van der Waals surface area (Å²) in [6, 6.07) is 83.5. The first-order valence-corrected chi connectivity index (χ1v) is 28.3. The Balaban J connectivity index is 1.03. The lowest BCUT2D eigenvalue weighted by molar-refractivity contribution is 0.753. The molecule has 2 nitrogen and oxygen atoms in total. The van der Waals surface area contributed by atoms with Crippen LogP contribution in [-0.2, 0) is 5.41 Å². The molecule has 0 fully saturated rings. The molecule has 0 N–H and O–H groups in total. The van der Waals surface area contributed by atoms with E-state index in [2.05, 4.69) is 316 Å². The summed E-state index contributed by atoms with van der Waals surface area (Å²) in [4.78, 5) is 4.88. The molecule has 0 radical (unpaired) electrons. The van der Waals surface area contributed by atoms with Gasteiger partial charge >= 0.3 is 0 Å². The van der Waals surface area contributed by atoms with Crippen LogP contribution in [0.5, 0.6) is 0 Å². The number of para-hydroxylation sites is 2. The highest BCUT2D eigenvalue weighted by molar-refractivity contribution is 6.13. The maximum absolute atomic E-state index is 4.41. The quantitative estimate of drug-likeness (QED) is 0.0791. The molecule has 1 aliphatic heterocycles. The fraction of sp³-hybridized carbons (Fsp3) is 0.0633. The molecule has 13 rings (SSSR count). The van der Waals surface area contributed by atoms with Crippen LogP contribution in [0.25, 0.3) is 83.9 Å². The van der Waals surface area contributed by atoms with Crippen LogP contribution in [0.1, 0.15) is 59.2 Å². The van der Waals surface area contributed by atoms with Crippen molar-refractivity contribution in [1.82, 2.24) is 0 Å². The Morgan fingerprint density at radius 3 is 1.64 bits per heavy atom. The lowest BCUT2D eigenvalue weighted by atomic mass is 9.64. The van der Waals surface area contributed by atoms with Crippen molar-refractivity contribution >= 4 is 73.3 Å². The van der Waals surface area contributed by atoms with Gasteiger partial charge in [-0.3, -0.25) is 0 Å². The Morgan fingerprint density at radius 2 is 1.05 bits per heavy atom. The van der Waals surface area contributed by atoms with E-state index in [0.717, 1.165) is 62.7 Å². The van der Waals surface area contributed by atoms with Crippen LogP contribution in [0, 0.1) is 0 Å². The molecule has 0 unspecified atom stereocenters. The molecule has 0 saturated carbocycles. The molecule has 11 aromatic rings. The molecule has 2 aliphatic rings. The van der Waals surface area contributed by atoms with Gasteiger partial charge in [0.05, 0.1) is 16.8 Å². The van der Waals surface area contributed by atoms with Gasteiger partial charge in [0.15, 0.2) is 0 Å². The van der Waals surface area contributed by atoms with Gasteiger partial charge in [-0.1, -0.05) is 239 Å². The summed E-state index contributed by atoms with van der Waals surface area (Å²) in [5.74, 6) is 0. The molecule has 0 amide bonds. The van der Waals surface area contributed by atoms with Gasteiger partial charge in [-0.15, -0.1) is 0 Å². The summed E-state index contributed by atoms with van der Waals surface area (Å²) >= 11 is 0. The van der Waals surface area contributed by atoms with Crippen molar-refractivity contribution in [2.45, 2.75) is 25.7 Å². The molecule has 0 atom stereocenters. The summed E-state index contributed by atoms with van der Waals surface area (Å²) in [7, 11) is 0. The number of hydrogen-bond donors (Lipinski definition) is 0. The average molecular weight is 1040 g/mol. The number of rotatable bonds is 14. The second-order valence-electron chi connectivity index (χ2n) is 21.0. The highest BCUT2D eigenvalue weighted by atomic mass is 15.2. The number of anilines is 4. The topological polar surface area (TPSA) is 6.48 Å². The van der Waals surface area contributed by atoms with Crippen molar-refractivity contribution in [3.05, 3.63) is 331 Å². The maximum atomic E-state index is 4.41. The van der Waals surface area contributed by atoms with E-state index in [-0.39, 0.29) is 0 Å². The number of benzene rings is 11. The number of fused-ring (bicyclic) bond motifs is 12. The summed E-state index contributed by atoms with van der Waals surface area (Å²) in [5, 5.41) is 7.31. The second-order valence-corrected chi connectivity index (χ2v) is 21.0. The van der Waals surface area contributed by atoms with E-state index >= 15 is 0 Å². The van der Waals surface area contributed by atoms with Crippen LogP contribution in [0.3, 0.4) is 0 Å². The van der Waals surface area contributed by atoms with E-state index in [1.54, 1.807) is 0 Å². The fourth-order valence-electron chi connectivity index (χ4n) is 13.0. The second kappa shape index (κ2) is 21.7. The Hall–Kier alpha value is -10.0. The molecule has 0 aromatic heterocycles. The minimum Gasteiger partial charge on any atom is -0.338 e. The van der Waals surface area contributed by atoms with Crippen molar-refractivity contribution in [3.8, 4) is 33.4 Å². The van der Waals surface area contributed by atoms with Crippen LogP contribution in [0.15, 0.2) is 292 Å². The molecular weight excluding hydrogens is 977 g/mol. The first kappa shape index (κ1) is 50.5. The van der Waals surface area contributed by atoms with Gasteiger partial charge in [0.25, 0.3) is 0 Å². The van der Waals surface area contributed by atoms with Crippen molar-refractivity contribution in [1.29, 1.82) is 0 Å². The van der Waals surface area contributed by atoms with E-state index in [1.807, 2.05) is 12.2 Å². The van der Waals surface area contributed by atoms with Crippen LogP contribution < -0.4 is 9.80 Å². The lowest BCUT2D eigenvalue weighted by Crippen LogP contribution is -2.36. The van der Waals surface area contributed by atoms with Gasteiger partial charge in [0, 0.05) is 23.6 Å². The normalized spacial score (nSPS) is 13.5. The standard InChI is InChI=1S/C79H62N2/c1-5-9-10-11-25-50-80(62(27-6-2)34-26-30-55-28-13-12-14-29-55)63-44-46-64(47-45-63)81-75-40-23-21-38-71(75)79(72-39-22-24-41-76(72)81)73-53-60(77-65(8-4)56(7-3)51-57-31-15-18-35-66(57)77)42-48-69(73)70-49-43-61(54-74(70)79)78-67-36-19-16-32-58(67)52-59-33-17-20-37-68(59)78/h6-49,51-54H,3-5,50H2,1-2H3/b10-9-,25-11-,27-6-,30-26+,62-34+. The first-order valence-electron chi connectivity index (χ1n) is 28.3. The van der Waals surface area contributed by atoms with Crippen LogP contribution in [-0.4, -0.2) is 6.54 Å². The molecule has 0 bridgehead atoms. The SMILES string of the molecule is C=Cc1cc2ccccc2c(-c2ccc3c(c2)C2(c4cc(-c5c6ccccc6cc6ccccc56)ccc4-3)c3ccccc3N(c3ccc(N(C/C=C\C=C/CC)C(/C=C\C)=C/C=C/c4ccccc4)cc3)c3ccccc32)c1C=C. The van der Waals surface area contributed by atoms with Crippen LogP contribution in [0.4, 0.5) is 22.7 Å². The monoisotopic (exact) mass is 1040 g/mol. The van der Waals surface area contributed by atoms with Crippen molar-refractivity contribution < 1.29 is 0 Å². The summed E-state index contributed by atoms with van der Waals surface area (Å²) in [5.41, 5.74) is 20.4. The molecule has 2 heteroatoms. The summed E-state index contributed by atoms with van der Waals surface area (Å²) in [6.07, 6.45) is 24.5. The Morgan fingerprint density at radius 1 is 0.506 bits per heavy atom. The summed E-state index contributed by atoms with van der Waals surface area (Å²) in [6.45, 7) is 13.6. The minimum atomic E-state index is -0.726. The van der Waals surface area contributed by atoms with Gasteiger partial charge in [-0.25, -0.2) is 0 Å². The van der Waals surface area contributed by atoms with Gasteiger partial charge in [-0.2, -0.15) is 0 Å². The van der Waals surface area contributed by atoms with E-state index < -0.39 is 5.41 Å². The minimum absolute atomic E-state index is 0.694. The molecule has 0 saturated heterocycles. The largest absolute Gasteiger partial charge is 0.338 e. The third-order valence-corrected chi connectivity index (χ3v) is 16.5. The zero-order valence-electron chi connectivity index (χ0n) is 45.9. The highest BCUT2D eigenvalue weighted by Gasteiger charge is 2.52. The van der Waals surface area contributed by atoms with E-state index in [0.29, 0.717) is 6.54 Å². The Labute approximate surface area is 476 Å². The van der Waals surface area contributed by atoms with E-state index in [4.69, 9.17) is 0 Å². The summed E-state index contributed by atoms with van der Waals surface area (Å²) < 4.78 is 0. The Bertz CT molecular complexity index is 4310.